The SMILES string of the molecule is Cc1nn(-c2ccccc2)c(-c2ccc(-c3ccccc3)cc2)c1C(=O)OCc1ccccc1. The van der Waals surface area contributed by atoms with Gasteiger partial charge in [-0.1, -0.05) is 103 Å². The summed E-state index contributed by atoms with van der Waals surface area (Å²) in [6.07, 6.45) is 0. The summed E-state index contributed by atoms with van der Waals surface area (Å²) < 4.78 is 7.53. The van der Waals surface area contributed by atoms with E-state index in [0.717, 1.165) is 33.6 Å². The third-order valence-electron chi connectivity index (χ3n) is 5.74. The first-order valence-electron chi connectivity index (χ1n) is 11.2. The Balaban J connectivity index is 1.56. The fourth-order valence-corrected chi connectivity index (χ4v) is 4.04. The van der Waals surface area contributed by atoms with Gasteiger partial charge in [0.15, 0.2) is 0 Å². The third kappa shape index (κ3) is 4.39. The zero-order chi connectivity index (χ0) is 23.3. The lowest BCUT2D eigenvalue weighted by Crippen LogP contribution is -2.08. The highest BCUT2D eigenvalue weighted by atomic mass is 16.5. The lowest BCUT2D eigenvalue weighted by molar-refractivity contribution is 0.0473. The largest absolute Gasteiger partial charge is 0.457 e. The Morgan fingerprint density at radius 1 is 0.706 bits per heavy atom. The first-order chi connectivity index (χ1) is 16.7. The normalized spacial score (nSPS) is 10.7. The van der Waals surface area contributed by atoms with Gasteiger partial charge >= 0.3 is 5.97 Å². The minimum Gasteiger partial charge on any atom is -0.457 e. The van der Waals surface area contributed by atoms with Crippen LogP contribution in [0.4, 0.5) is 0 Å². The maximum Gasteiger partial charge on any atom is 0.342 e. The molecule has 5 rings (SSSR count). The Labute approximate surface area is 199 Å². The van der Waals surface area contributed by atoms with Gasteiger partial charge in [-0.25, -0.2) is 9.48 Å². The summed E-state index contributed by atoms with van der Waals surface area (Å²) in [6.45, 7) is 2.06. The van der Waals surface area contributed by atoms with E-state index in [1.807, 2.05) is 103 Å². The molecule has 1 heterocycles. The van der Waals surface area contributed by atoms with Crippen molar-refractivity contribution in [3.63, 3.8) is 0 Å². The monoisotopic (exact) mass is 444 g/mol. The first-order valence-corrected chi connectivity index (χ1v) is 11.2. The zero-order valence-corrected chi connectivity index (χ0v) is 18.9. The van der Waals surface area contributed by atoms with Crippen molar-refractivity contribution < 1.29 is 9.53 Å². The molecule has 0 aliphatic carbocycles. The molecule has 0 unspecified atom stereocenters. The molecule has 0 aliphatic rings. The van der Waals surface area contributed by atoms with E-state index >= 15 is 0 Å². The van der Waals surface area contributed by atoms with Crippen LogP contribution in [0.2, 0.25) is 0 Å². The summed E-state index contributed by atoms with van der Waals surface area (Å²) in [5.41, 5.74) is 6.81. The molecule has 1 aromatic heterocycles. The molecule has 0 atom stereocenters. The number of carbonyl (C=O) groups is 1. The second-order valence-corrected chi connectivity index (χ2v) is 8.06. The topological polar surface area (TPSA) is 44.1 Å². The molecule has 34 heavy (non-hydrogen) atoms. The molecule has 5 aromatic rings. The van der Waals surface area contributed by atoms with Gasteiger partial charge in [-0.05, 0) is 35.7 Å². The molecule has 0 saturated heterocycles. The lowest BCUT2D eigenvalue weighted by Gasteiger charge is -2.11. The van der Waals surface area contributed by atoms with Crippen LogP contribution in [0.15, 0.2) is 115 Å². The summed E-state index contributed by atoms with van der Waals surface area (Å²) in [5.74, 6) is -0.384. The number of carbonyl (C=O) groups excluding carboxylic acids is 1. The van der Waals surface area contributed by atoms with E-state index in [1.54, 1.807) is 0 Å². The Bertz CT molecular complexity index is 1390. The minimum absolute atomic E-state index is 0.210. The molecule has 0 amide bonds. The van der Waals surface area contributed by atoms with Crippen molar-refractivity contribution in [1.29, 1.82) is 0 Å². The quantitative estimate of drug-likeness (QED) is 0.268. The highest BCUT2D eigenvalue weighted by Gasteiger charge is 2.25. The van der Waals surface area contributed by atoms with Gasteiger partial charge in [0.05, 0.1) is 17.1 Å². The average Bonchev–Trinajstić information content (AvgIpc) is 3.26. The number of hydrogen-bond acceptors (Lipinski definition) is 3. The highest BCUT2D eigenvalue weighted by Crippen LogP contribution is 2.31. The molecular weight excluding hydrogens is 420 g/mol. The van der Waals surface area contributed by atoms with E-state index in [1.165, 1.54) is 0 Å². The number of hydrogen-bond donors (Lipinski definition) is 0. The third-order valence-corrected chi connectivity index (χ3v) is 5.74. The predicted molar refractivity (Wildman–Crippen MR) is 135 cm³/mol. The summed E-state index contributed by atoms with van der Waals surface area (Å²) >= 11 is 0. The molecule has 4 aromatic carbocycles. The number of aromatic nitrogens is 2. The standard InChI is InChI=1S/C30H24N2O2/c1-22-28(30(33)34-21-23-11-5-2-6-12-23)29(32(31-22)27-15-9-4-10-16-27)26-19-17-25(18-20-26)24-13-7-3-8-14-24/h2-20H,21H2,1H3. The number of esters is 1. The Kier molecular flexibility index (Phi) is 6.04. The number of benzene rings is 4. The highest BCUT2D eigenvalue weighted by molar-refractivity contribution is 5.98. The average molecular weight is 445 g/mol. The van der Waals surface area contributed by atoms with E-state index in [0.29, 0.717) is 11.3 Å². The number of ether oxygens (including phenoxy) is 1. The molecular formula is C30H24N2O2. The molecule has 0 N–H and O–H groups in total. The van der Waals surface area contributed by atoms with Crippen LogP contribution in [0.25, 0.3) is 28.1 Å². The van der Waals surface area contributed by atoms with Crippen molar-refractivity contribution in [1.82, 2.24) is 9.78 Å². The van der Waals surface area contributed by atoms with Gasteiger partial charge in [0.2, 0.25) is 0 Å². The van der Waals surface area contributed by atoms with Gasteiger partial charge in [0, 0.05) is 5.56 Å². The number of nitrogens with zero attached hydrogens (tertiary/aromatic N) is 2. The first kappa shape index (κ1) is 21.4. The van der Waals surface area contributed by atoms with Gasteiger partial charge in [-0.15, -0.1) is 0 Å². The van der Waals surface area contributed by atoms with Crippen molar-refractivity contribution in [3.8, 4) is 28.1 Å². The van der Waals surface area contributed by atoms with E-state index in [4.69, 9.17) is 9.84 Å². The van der Waals surface area contributed by atoms with Crippen LogP contribution >= 0.6 is 0 Å². The van der Waals surface area contributed by atoms with E-state index in [2.05, 4.69) is 24.3 Å². The molecule has 0 aliphatic heterocycles. The fraction of sp³-hybridized carbons (Fsp3) is 0.0667. The second-order valence-electron chi connectivity index (χ2n) is 8.06. The van der Waals surface area contributed by atoms with Gasteiger partial charge in [0.1, 0.15) is 12.2 Å². The molecule has 4 heteroatoms. The summed E-state index contributed by atoms with van der Waals surface area (Å²) in [4.78, 5) is 13.3. The van der Waals surface area contributed by atoms with Gasteiger partial charge in [-0.2, -0.15) is 5.10 Å². The van der Waals surface area contributed by atoms with Crippen molar-refractivity contribution >= 4 is 5.97 Å². The molecule has 0 radical (unpaired) electrons. The van der Waals surface area contributed by atoms with E-state index in [-0.39, 0.29) is 12.6 Å². The van der Waals surface area contributed by atoms with Crippen LogP contribution in [0.5, 0.6) is 0 Å². The summed E-state index contributed by atoms with van der Waals surface area (Å²) in [6, 6.07) is 38.0. The number of aryl methyl sites for hydroxylation is 1. The fourth-order valence-electron chi connectivity index (χ4n) is 4.04. The van der Waals surface area contributed by atoms with Crippen molar-refractivity contribution in [2.75, 3.05) is 0 Å². The molecule has 0 spiro atoms. The molecule has 0 fully saturated rings. The van der Waals surface area contributed by atoms with Crippen LogP contribution < -0.4 is 0 Å². The van der Waals surface area contributed by atoms with Crippen LogP contribution in [0, 0.1) is 6.92 Å². The number of rotatable bonds is 6. The maximum absolute atomic E-state index is 13.3. The maximum atomic E-state index is 13.3. The Morgan fingerprint density at radius 2 is 1.24 bits per heavy atom. The summed E-state index contributed by atoms with van der Waals surface area (Å²) in [5, 5.41) is 4.73. The zero-order valence-electron chi connectivity index (χ0n) is 18.9. The van der Waals surface area contributed by atoms with Gasteiger partial charge < -0.3 is 4.74 Å². The smallest absolute Gasteiger partial charge is 0.342 e. The van der Waals surface area contributed by atoms with Gasteiger partial charge in [0.25, 0.3) is 0 Å². The second kappa shape index (κ2) is 9.59. The predicted octanol–water partition coefficient (Wildman–Crippen LogP) is 6.87. The minimum atomic E-state index is -0.384. The van der Waals surface area contributed by atoms with Crippen molar-refractivity contribution in [2.24, 2.45) is 0 Å². The molecule has 0 saturated carbocycles. The van der Waals surface area contributed by atoms with E-state index < -0.39 is 0 Å². The molecule has 166 valence electrons. The lowest BCUT2D eigenvalue weighted by atomic mass is 10.0. The Hall–Kier alpha value is -4.44. The number of para-hydroxylation sites is 1. The summed E-state index contributed by atoms with van der Waals surface area (Å²) in [7, 11) is 0. The van der Waals surface area contributed by atoms with Crippen molar-refractivity contribution in [2.45, 2.75) is 13.5 Å². The van der Waals surface area contributed by atoms with Crippen LogP contribution in [-0.4, -0.2) is 15.7 Å². The van der Waals surface area contributed by atoms with E-state index in [9.17, 15) is 4.79 Å². The molecule has 0 bridgehead atoms. The Morgan fingerprint density at radius 3 is 1.88 bits per heavy atom. The van der Waals surface area contributed by atoms with Crippen LogP contribution in [0.1, 0.15) is 21.6 Å². The van der Waals surface area contributed by atoms with Crippen molar-refractivity contribution in [3.05, 3.63) is 132 Å². The van der Waals surface area contributed by atoms with Crippen LogP contribution in [0.3, 0.4) is 0 Å². The van der Waals surface area contributed by atoms with Crippen LogP contribution in [-0.2, 0) is 11.3 Å². The van der Waals surface area contributed by atoms with Gasteiger partial charge in [-0.3, -0.25) is 0 Å². The molecule has 4 nitrogen and oxygen atoms in total.